The fourth-order valence-corrected chi connectivity index (χ4v) is 8.13. The van der Waals surface area contributed by atoms with Crippen LogP contribution in [-0.2, 0) is 25.9 Å². The molecule has 6 nitrogen and oxygen atoms in total. The van der Waals surface area contributed by atoms with Crippen molar-refractivity contribution in [3.05, 3.63) is 59.2 Å². The molecule has 56 heavy (non-hydrogen) atoms. The zero-order valence-corrected chi connectivity index (χ0v) is 39.3. The number of nitrogens with zero attached hydrogens (tertiary/aromatic N) is 2. The number of halogens is 2. The molecule has 0 unspecified atom stereocenters. The molecule has 0 fully saturated rings. The molecule has 0 aliphatic rings. The minimum Gasteiger partial charge on any atom is -1.00 e. The van der Waals surface area contributed by atoms with E-state index in [9.17, 15) is 9.59 Å². The van der Waals surface area contributed by atoms with Gasteiger partial charge in [-0.2, -0.15) is 0 Å². The Morgan fingerprint density at radius 2 is 0.661 bits per heavy atom. The molecule has 2 amide bonds. The van der Waals surface area contributed by atoms with E-state index in [0.717, 1.165) is 75.8 Å². The standard InChI is InChI=1S/C48H82N4O2.2BrH/c1-3-5-7-9-11-13-15-17-19-23-27-31-39-51-41-33-35-43(47(49)53)45(51)37-29-25-21-22-26-30-38-46-44(48(50)54)36-34-42-52(46)40-32-28-24-20-18-16-14-12-10-8-6-4-2;;/h33-36,41-42H,3-32,37-40H2,1-2H3,(H2-2,49,50,53,54);2*1H. The van der Waals surface area contributed by atoms with Gasteiger partial charge in [-0.1, -0.05) is 168 Å². The Kier molecular flexibility index (Phi) is 36.3. The first kappa shape index (κ1) is 54.2. The molecule has 0 atom stereocenters. The summed E-state index contributed by atoms with van der Waals surface area (Å²) in [5.41, 5.74) is 15.2. The van der Waals surface area contributed by atoms with Crippen LogP contribution in [-0.4, -0.2) is 11.8 Å². The molecule has 2 rings (SSSR count). The van der Waals surface area contributed by atoms with Crippen molar-refractivity contribution >= 4 is 11.8 Å². The van der Waals surface area contributed by atoms with E-state index >= 15 is 0 Å². The number of carbonyl (C=O) groups excluding carboxylic acids is 2. The second-order valence-corrected chi connectivity index (χ2v) is 16.3. The van der Waals surface area contributed by atoms with E-state index in [1.165, 1.54) is 154 Å². The zero-order valence-electron chi connectivity index (χ0n) is 36.1. The van der Waals surface area contributed by atoms with E-state index in [0.29, 0.717) is 11.1 Å². The van der Waals surface area contributed by atoms with Crippen LogP contribution >= 0.6 is 0 Å². The van der Waals surface area contributed by atoms with Gasteiger partial charge < -0.3 is 45.4 Å². The van der Waals surface area contributed by atoms with E-state index in [1.807, 2.05) is 24.3 Å². The number of carbonyl (C=O) groups is 2. The van der Waals surface area contributed by atoms with Crippen LogP contribution < -0.4 is 54.6 Å². The predicted octanol–water partition coefficient (Wildman–Crippen LogP) is 6.00. The fourth-order valence-electron chi connectivity index (χ4n) is 8.13. The number of hydrogen-bond donors (Lipinski definition) is 2. The fraction of sp³-hybridized carbons (Fsp3) is 0.750. The monoisotopic (exact) mass is 906 g/mol. The summed E-state index contributed by atoms with van der Waals surface area (Å²) in [6, 6.07) is 7.74. The van der Waals surface area contributed by atoms with Crippen LogP contribution in [0.25, 0.3) is 0 Å². The number of unbranched alkanes of at least 4 members (excludes halogenated alkanes) is 27. The van der Waals surface area contributed by atoms with E-state index in [2.05, 4.69) is 35.4 Å². The lowest BCUT2D eigenvalue weighted by Gasteiger charge is -2.09. The van der Waals surface area contributed by atoms with Crippen molar-refractivity contribution in [1.29, 1.82) is 0 Å². The lowest BCUT2D eigenvalue weighted by Crippen LogP contribution is -3.00. The summed E-state index contributed by atoms with van der Waals surface area (Å²) in [6.45, 7) is 6.48. The summed E-state index contributed by atoms with van der Waals surface area (Å²) in [4.78, 5) is 24.6. The van der Waals surface area contributed by atoms with Crippen LogP contribution in [0.1, 0.15) is 239 Å². The van der Waals surface area contributed by atoms with Crippen LogP contribution in [0.15, 0.2) is 36.7 Å². The van der Waals surface area contributed by atoms with Crippen molar-refractivity contribution in [2.24, 2.45) is 11.5 Å². The molecule has 322 valence electrons. The third kappa shape index (κ3) is 25.5. The number of nitrogens with two attached hydrogens (primary N) is 2. The molecule has 2 aromatic heterocycles. The van der Waals surface area contributed by atoms with Gasteiger partial charge in [0.05, 0.1) is 0 Å². The quantitative estimate of drug-likeness (QED) is 0.0645. The van der Waals surface area contributed by atoms with Crippen molar-refractivity contribution in [1.82, 2.24) is 0 Å². The molecular formula is C48H84Br2N4O2. The molecule has 2 aromatic rings. The highest BCUT2D eigenvalue weighted by atomic mass is 79.9. The van der Waals surface area contributed by atoms with Gasteiger partial charge >= 0.3 is 0 Å². The van der Waals surface area contributed by atoms with Gasteiger partial charge in [0.2, 0.25) is 0 Å². The lowest BCUT2D eigenvalue weighted by atomic mass is 10.0. The molecule has 0 spiro atoms. The molecule has 0 aliphatic heterocycles. The Morgan fingerprint density at radius 1 is 0.411 bits per heavy atom. The topological polar surface area (TPSA) is 93.9 Å². The smallest absolute Gasteiger partial charge is 0.255 e. The van der Waals surface area contributed by atoms with Gasteiger partial charge in [-0.25, -0.2) is 9.13 Å². The molecule has 0 radical (unpaired) electrons. The van der Waals surface area contributed by atoms with Crippen LogP contribution in [0, 0.1) is 0 Å². The molecule has 0 saturated carbocycles. The highest BCUT2D eigenvalue weighted by Crippen LogP contribution is 2.16. The van der Waals surface area contributed by atoms with E-state index in [-0.39, 0.29) is 45.8 Å². The Hall–Kier alpha value is -1.80. The Labute approximate surface area is 365 Å². The van der Waals surface area contributed by atoms with Crippen LogP contribution in [0.4, 0.5) is 0 Å². The number of pyridine rings is 2. The van der Waals surface area contributed by atoms with Crippen LogP contribution in [0.5, 0.6) is 0 Å². The normalized spacial score (nSPS) is 11.0. The minimum atomic E-state index is -0.318. The first-order valence-corrected chi connectivity index (χ1v) is 23.1. The number of primary amides is 2. The van der Waals surface area contributed by atoms with Gasteiger partial charge in [-0.3, -0.25) is 9.59 Å². The summed E-state index contributed by atoms with van der Waals surface area (Å²) in [6.07, 6.45) is 45.0. The van der Waals surface area contributed by atoms with Crippen molar-refractivity contribution < 1.29 is 52.7 Å². The van der Waals surface area contributed by atoms with E-state index in [4.69, 9.17) is 11.5 Å². The maximum absolute atomic E-state index is 12.3. The summed E-state index contributed by atoms with van der Waals surface area (Å²) < 4.78 is 4.58. The highest BCUT2D eigenvalue weighted by Gasteiger charge is 2.20. The number of aromatic nitrogens is 2. The average molecular weight is 909 g/mol. The molecule has 0 aromatic carbocycles. The van der Waals surface area contributed by atoms with Gasteiger partial charge in [-0.15, -0.1) is 0 Å². The summed E-state index contributed by atoms with van der Waals surface area (Å²) >= 11 is 0. The van der Waals surface area contributed by atoms with Crippen molar-refractivity contribution in [2.45, 2.75) is 232 Å². The molecular weight excluding hydrogens is 824 g/mol. The number of amides is 2. The van der Waals surface area contributed by atoms with E-state index < -0.39 is 0 Å². The van der Waals surface area contributed by atoms with Gasteiger partial charge in [0.25, 0.3) is 11.8 Å². The van der Waals surface area contributed by atoms with E-state index in [1.54, 1.807) is 0 Å². The largest absolute Gasteiger partial charge is 1.00 e. The van der Waals surface area contributed by atoms with Crippen LogP contribution in [0.3, 0.4) is 0 Å². The SMILES string of the molecule is CCCCCCCCCCCCCC[n+]1cccc(C(N)=O)c1CCCCCCCCc1c(C(N)=O)ccc[n+]1CCCCCCCCCCCCCC.[Br-].[Br-]. The van der Waals surface area contributed by atoms with Crippen molar-refractivity contribution in [2.75, 3.05) is 0 Å². The predicted molar refractivity (Wildman–Crippen MR) is 228 cm³/mol. The van der Waals surface area contributed by atoms with Gasteiger partial charge in [0.1, 0.15) is 24.2 Å². The number of rotatable bonds is 37. The van der Waals surface area contributed by atoms with Crippen molar-refractivity contribution in [3.63, 3.8) is 0 Å². The van der Waals surface area contributed by atoms with Gasteiger partial charge in [0.15, 0.2) is 23.8 Å². The van der Waals surface area contributed by atoms with Gasteiger partial charge in [0, 0.05) is 37.8 Å². The molecule has 0 bridgehead atoms. The Morgan fingerprint density at radius 3 is 0.929 bits per heavy atom. The summed E-state index contributed by atoms with van der Waals surface area (Å²) in [5, 5.41) is 0. The number of aryl methyl sites for hydroxylation is 2. The lowest BCUT2D eigenvalue weighted by molar-refractivity contribution is -0.704. The molecule has 0 saturated heterocycles. The maximum Gasteiger partial charge on any atom is 0.255 e. The highest BCUT2D eigenvalue weighted by molar-refractivity contribution is 5.93. The summed E-state index contributed by atoms with van der Waals surface area (Å²) in [5.74, 6) is -0.636. The molecule has 4 N–H and O–H groups in total. The molecule has 0 aliphatic carbocycles. The van der Waals surface area contributed by atoms with Crippen LogP contribution in [0.2, 0.25) is 0 Å². The van der Waals surface area contributed by atoms with Crippen molar-refractivity contribution in [3.8, 4) is 0 Å². The second-order valence-electron chi connectivity index (χ2n) is 16.3. The average Bonchev–Trinajstić information content (AvgIpc) is 3.17. The maximum atomic E-state index is 12.3. The second kappa shape index (κ2) is 37.5. The molecule has 2 heterocycles. The molecule has 8 heteroatoms. The first-order chi connectivity index (χ1) is 26.5. The third-order valence-corrected chi connectivity index (χ3v) is 11.5. The number of hydrogen-bond acceptors (Lipinski definition) is 2. The Bertz CT molecular complexity index is 1160. The third-order valence-electron chi connectivity index (χ3n) is 11.5. The Balaban J connectivity index is 0.0000151. The minimum absolute atomic E-state index is 0. The summed E-state index contributed by atoms with van der Waals surface area (Å²) in [7, 11) is 0. The van der Waals surface area contributed by atoms with Gasteiger partial charge in [-0.05, 0) is 37.8 Å². The first-order valence-electron chi connectivity index (χ1n) is 23.1. The zero-order chi connectivity index (χ0) is 38.9.